The summed E-state index contributed by atoms with van der Waals surface area (Å²) in [6.45, 7) is 1.86. The number of nitrogens with zero attached hydrogens (tertiary/aromatic N) is 1. The number of hydrogen-bond donors (Lipinski definition) is 0. The molecule has 9 heteroatoms. The fourth-order valence-electron chi connectivity index (χ4n) is 2.99. The summed E-state index contributed by atoms with van der Waals surface area (Å²) in [5.74, 6) is -0.251. The molecule has 0 aliphatic carbocycles. The molecule has 0 radical (unpaired) electrons. The summed E-state index contributed by atoms with van der Waals surface area (Å²) in [4.78, 5) is 14.8. The first-order valence-corrected chi connectivity index (χ1v) is 12.4. The number of benzene rings is 3. The standard InChI is InChI=1S/C23H16ClNO4S3/c1-15-7-10-19(11-8-15)32(27,28)29-20-12-9-17(24)13-16(20)14-21-22(26)25(23(30)31-21)18-5-3-2-4-6-18/h2-14H,1H3/b21-14-. The lowest BCUT2D eigenvalue weighted by Gasteiger charge is -2.14. The second-order valence-corrected chi connectivity index (χ2v) is 10.5. The lowest BCUT2D eigenvalue weighted by Crippen LogP contribution is -2.27. The van der Waals surface area contributed by atoms with E-state index < -0.39 is 10.1 Å². The molecule has 0 aromatic heterocycles. The van der Waals surface area contributed by atoms with E-state index in [1.54, 1.807) is 24.3 Å². The highest BCUT2D eigenvalue weighted by Gasteiger charge is 2.33. The molecule has 1 aliphatic heterocycles. The Balaban J connectivity index is 1.69. The van der Waals surface area contributed by atoms with Gasteiger partial charge in [-0.25, -0.2) is 0 Å². The molecule has 4 rings (SSSR count). The smallest absolute Gasteiger partial charge is 0.339 e. The van der Waals surface area contributed by atoms with Crippen LogP contribution in [-0.4, -0.2) is 18.6 Å². The maximum Gasteiger partial charge on any atom is 0.339 e. The number of carbonyl (C=O) groups excluding carboxylic acids is 1. The summed E-state index contributed by atoms with van der Waals surface area (Å²) in [7, 11) is -4.08. The summed E-state index contributed by atoms with van der Waals surface area (Å²) >= 11 is 12.6. The Morgan fingerprint density at radius 2 is 1.72 bits per heavy atom. The third-order valence-electron chi connectivity index (χ3n) is 4.58. The summed E-state index contributed by atoms with van der Waals surface area (Å²) in [6.07, 6.45) is 1.54. The van der Waals surface area contributed by atoms with Crippen LogP contribution in [0.5, 0.6) is 5.75 Å². The molecule has 0 N–H and O–H groups in total. The van der Waals surface area contributed by atoms with Crippen molar-refractivity contribution in [3.05, 3.63) is 93.9 Å². The van der Waals surface area contributed by atoms with Crippen LogP contribution in [0.2, 0.25) is 5.02 Å². The molecule has 1 amide bonds. The summed E-state index contributed by atoms with van der Waals surface area (Å²) < 4.78 is 31.3. The number of para-hydroxylation sites is 1. The topological polar surface area (TPSA) is 63.7 Å². The van der Waals surface area contributed by atoms with E-state index in [0.29, 0.717) is 25.5 Å². The number of aryl methyl sites for hydroxylation is 1. The van der Waals surface area contributed by atoms with Crippen LogP contribution in [0.4, 0.5) is 5.69 Å². The van der Waals surface area contributed by atoms with E-state index in [-0.39, 0.29) is 16.6 Å². The average molecular weight is 502 g/mol. The quantitative estimate of drug-likeness (QED) is 0.249. The van der Waals surface area contributed by atoms with Crippen LogP contribution in [0.15, 0.2) is 82.6 Å². The van der Waals surface area contributed by atoms with Crippen molar-refractivity contribution in [1.82, 2.24) is 0 Å². The number of thioether (sulfide) groups is 1. The van der Waals surface area contributed by atoms with E-state index in [2.05, 4.69) is 0 Å². The lowest BCUT2D eigenvalue weighted by molar-refractivity contribution is -0.113. The van der Waals surface area contributed by atoms with Crippen LogP contribution in [0.1, 0.15) is 11.1 Å². The Kier molecular flexibility index (Phi) is 6.39. The monoisotopic (exact) mass is 501 g/mol. The van der Waals surface area contributed by atoms with Gasteiger partial charge in [-0.2, -0.15) is 8.42 Å². The van der Waals surface area contributed by atoms with Gasteiger partial charge in [0, 0.05) is 10.6 Å². The highest BCUT2D eigenvalue weighted by Crippen LogP contribution is 2.38. The van der Waals surface area contributed by atoms with Gasteiger partial charge in [0.2, 0.25) is 0 Å². The molecule has 0 unspecified atom stereocenters. The van der Waals surface area contributed by atoms with Gasteiger partial charge in [-0.05, 0) is 55.5 Å². The normalized spacial score (nSPS) is 15.4. The van der Waals surface area contributed by atoms with Crippen LogP contribution in [0, 0.1) is 6.92 Å². The Bertz CT molecular complexity index is 1340. The molecule has 32 heavy (non-hydrogen) atoms. The van der Waals surface area contributed by atoms with Crippen molar-refractivity contribution >= 4 is 67.7 Å². The van der Waals surface area contributed by atoms with E-state index in [4.69, 9.17) is 28.0 Å². The number of halogens is 1. The lowest BCUT2D eigenvalue weighted by atomic mass is 10.2. The van der Waals surface area contributed by atoms with Crippen molar-refractivity contribution in [3.63, 3.8) is 0 Å². The first-order chi connectivity index (χ1) is 15.2. The summed E-state index contributed by atoms with van der Waals surface area (Å²) in [5, 5.41) is 0.370. The number of thiocarbonyl (C=S) groups is 1. The van der Waals surface area contributed by atoms with Gasteiger partial charge in [0.25, 0.3) is 5.91 Å². The molecule has 1 heterocycles. The Morgan fingerprint density at radius 3 is 2.41 bits per heavy atom. The van der Waals surface area contributed by atoms with Gasteiger partial charge in [0.05, 0.1) is 10.6 Å². The van der Waals surface area contributed by atoms with Crippen LogP contribution < -0.4 is 9.08 Å². The van der Waals surface area contributed by atoms with Crippen LogP contribution in [-0.2, 0) is 14.9 Å². The number of carbonyl (C=O) groups is 1. The third-order valence-corrected chi connectivity index (χ3v) is 7.36. The zero-order valence-electron chi connectivity index (χ0n) is 16.7. The zero-order chi connectivity index (χ0) is 22.9. The minimum atomic E-state index is -4.08. The second-order valence-electron chi connectivity index (χ2n) is 6.89. The highest BCUT2D eigenvalue weighted by molar-refractivity contribution is 8.27. The molecule has 5 nitrogen and oxygen atoms in total. The van der Waals surface area contributed by atoms with E-state index >= 15 is 0 Å². The fraction of sp³-hybridized carbons (Fsp3) is 0.0435. The molecule has 0 saturated carbocycles. The highest BCUT2D eigenvalue weighted by atomic mass is 35.5. The van der Waals surface area contributed by atoms with Crippen molar-refractivity contribution in [1.29, 1.82) is 0 Å². The Morgan fingerprint density at radius 1 is 1.03 bits per heavy atom. The predicted molar refractivity (Wildman–Crippen MR) is 133 cm³/mol. The molecule has 0 bridgehead atoms. The summed E-state index contributed by atoms with van der Waals surface area (Å²) in [5.41, 5.74) is 1.93. The third kappa shape index (κ3) is 4.73. The minimum Gasteiger partial charge on any atom is -0.378 e. The molecule has 1 fully saturated rings. The van der Waals surface area contributed by atoms with Crippen molar-refractivity contribution in [2.24, 2.45) is 0 Å². The first-order valence-electron chi connectivity index (χ1n) is 9.38. The number of rotatable bonds is 5. The number of amides is 1. The van der Waals surface area contributed by atoms with E-state index in [1.165, 1.54) is 41.3 Å². The van der Waals surface area contributed by atoms with Crippen molar-refractivity contribution < 1.29 is 17.4 Å². The fourth-order valence-corrected chi connectivity index (χ4v) is 5.41. The number of hydrogen-bond acceptors (Lipinski definition) is 6. The molecule has 3 aromatic rings. The van der Waals surface area contributed by atoms with Gasteiger partial charge < -0.3 is 4.18 Å². The van der Waals surface area contributed by atoms with E-state index in [0.717, 1.165) is 17.3 Å². The molecule has 3 aromatic carbocycles. The molecule has 0 spiro atoms. The molecule has 1 saturated heterocycles. The minimum absolute atomic E-state index is 0.0272. The second kappa shape index (κ2) is 9.07. The van der Waals surface area contributed by atoms with Crippen molar-refractivity contribution in [2.75, 3.05) is 4.90 Å². The van der Waals surface area contributed by atoms with Gasteiger partial charge in [0.15, 0.2) is 4.32 Å². The first kappa shape index (κ1) is 22.5. The Labute approximate surface area is 200 Å². The van der Waals surface area contributed by atoms with E-state index in [1.807, 2.05) is 25.1 Å². The molecular formula is C23H16ClNO4S3. The van der Waals surface area contributed by atoms with Gasteiger partial charge in [-0.1, -0.05) is 71.5 Å². The largest absolute Gasteiger partial charge is 0.378 e. The molecule has 0 atom stereocenters. The van der Waals surface area contributed by atoms with Crippen LogP contribution in [0.3, 0.4) is 0 Å². The maximum atomic E-state index is 13.0. The maximum absolute atomic E-state index is 13.0. The molecule has 1 aliphatic rings. The number of anilines is 1. The van der Waals surface area contributed by atoms with Crippen molar-refractivity contribution in [2.45, 2.75) is 11.8 Å². The van der Waals surface area contributed by atoms with Crippen LogP contribution >= 0.6 is 35.6 Å². The Hall–Kier alpha value is -2.65. The molecular weight excluding hydrogens is 486 g/mol. The van der Waals surface area contributed by atoms with Crippen molar-refractivity contribution in [3.8, 4) is 5.75 Å². The predicted octanol–water partition coefficient (Wildman–Crippen LogP) is 5.82. The van der Waals surface area contributed by atoms with Gasteiger partial charge in [-0.15, -0.1) is 0 Å². The van der Waals surface area contributed by atoms with E-state index in [9.17, 15) is 13.2 Å². The SMILES string of the molecule is Cc1ccc(S(=O)(=O)Oc2ccc(Cl)cc2/C=C2\SC(=S)N(c3ccccc3)C2=O)cc1. The summed E-state index contributed by atoms with van der Waals surface area (Å²) in [6, 6.07) is 19.9. The zero-order valence-corrected chi connectivity index (χ0v) is 19.9. The van der Waals surface area contributed by atoms with Gasteiger partial charge in [-0.3, -0.25) is 9.69 Å². The van der Waals surface area contributed by atoms with Gasteiger partial charge in [0.1, 0.15) is 10.6 Å². The average Bonchev–Trinajstić information content (AvgIpc) is 3.04. The van der Waals surface area contributed by atoms with Crippen LogP contribution in [0.25, 0.3) is 6.08 Å². The molecule has 162 valence electrons. The van der Waals surface area contributed by atoms with Gasteiger partial charge >= 0.3 is 10.1 Å².